The van der Waals surface area contributed by atoms with Crippen molar-refractivity contribution >= 4 is 46.3 Å². The number of fused-ring (bicyclic) bond motifs is 1. The summed E-state index contributed by atoms with van der Waals surface area (Å²) in [6.07, 6.45) is 0.781. The molecule has 0 atom stereocenters. The van der Waals surface area contributed by atoms with Crippen LogP contribution in [0.25, 0.3) is 5.57 Å². The maximum absolute atomic E-state index is 12.9. The zero-order chi connectivity index (χ0) is 16.7. The lowest BCUT2D eigenvalue weighted by Gasteiger charge is -2.16. The molecule has 0 unspecified atom stereocenters. The van der Waals surface area contributed by atoms with Crippen molar-refractivity contribution in [1.82, 2.24) is 10.2 Å². The highest BCUT2D eigenvalue weighted by Crippen LogP contribution is 2.40. The van der Waals surface area contributed by atoms with Crippen LogP contribution in [-0.2, 0) is 14.4 Å². The molecule has 0 aromatic heterocycles. The summed E-state index contributed by atoms with van der Waals surface area (Å²) in [4.78, 5) is 39.8. The van der Waals surface area contributed by atoms with Crippen LogP contribution in [0.4, 0.5) is 5.69 Å². The summed E-state index contributed by atoms with van der Waals surface area (Å²) in [6.45, 7) is 3.82. The fourth-order valence-electron chi connectivity index (χ4n) is 2.90. The first kappa shape index (κ1) is 15.4. The SMILES string of the molecule is CCCN1C(=O)/C(=C2/C(=O)NC(=S)N2C(C)=O)c2ccccc21. The van der Waals surface area contributed by atoms with E-state index in [0.717, 1.165) is 17.0 Å². The highest BCUT2D eigenvalue weighted by Gasteiger charge is 2.42. The van der Waals surface area contributed by atoms with Gasteiger partial charge in [-0.25, -0.2) is 0 Å². The molecule has 6 nitrogen and oxygen atoms in total. The van der Waals surface area contributed by atoms with Crippen molar-refractivity contribution in [2.45, 2.75) is 20.3 Å². The van der Waals surface area contributed by atoms with E-state index in [0.29, 0.717) is 12.1 Å². The van der Waals surface area contributed by atoms with Gasteiger partial charge in [0.1, 0.15) is 5.70 Å². The van der Waals surface area contributed by atoms with E-state index in [9.17, 15) is 14.4 Å². The summed E-state index contributed by atoms with van der Waals surface area (Å²) < 4.78 is 0. The Balaban J connectivity index is 2.26. The van der Waals surface area contributed by atoms with Crippen LogP contribution >= 0.6 is 12.2 Å². The zero-order valence-corrected chi connectivity index (χ0v) is 13.6. The summed E-state index contributed by atoms with van der Waals surface area (Å²) in [5.41, 5.74) is 1.63. The van der Waals surface area contributed by atoms with Crippen LogP contribution in [0, 0.1) is 0 Å². The van der Waals surface area contributed by atoms with Crippen LogP contribution < -0.4 is 10.2 Å². The number of para-hydroxylation sites is 1. The van der Waals surface area contributed by atoms with E-state index in [4.69, 9.17) is 12.2 Å². The van der Waals surface area contributed by atoms with Crippen molar-refractivity contribution in [1.29, 1.82) is 0 Å². The molecular weight excluding hydrogens is 314 g/mol. The van der Waals surface area contributed by atoms with E-state index in [2.05, 4.69) is 5.32 Å². The summed E-state index contributed by atoms with van der Waals surface area (Å²) in [5, 5.41) is 2.45. The average Bonchev–Trinajstić information content (AvgIpc) is 2.94. The monoisotopic (exact) mass is 329 g/mol. The van der Waals surface area contributed by atoms with Gasteiger partial charge in [-0.05, 0) is 24.7 Å². The van der Waals surface area contributed by atoms with Gasteiger partial charge in [0, 0.05) is 19.0 Å². The summed E-state index contributed by atoms with van der Waals surface area (Å²) in [7, 11) is 0. The van der Waals surface area contributed by atoms with Crippen molar-refractivity contribution in [3.05, 3.63) is 35.5 Å². The first-order valence-corrected chi connectivity index (χ1v) is 7.69. The highest BCUT2D eigenvalue weighted by atomic mass is 32.1. The Morgan fingerprint density at radius 1 is 1.26 bits per heavy atom. The van der Waals surface area contributed by atoms with Crippen LogP contribution in [0.2, 0.25) is 0 Å². The molecule has 0 bridgehead atoms. The molecule has 0 aliphatic carbocycles. The van der Waals surface area contributed by atoms with E-state index in [1.165, 1.54) is 6.92 Å². The summed E-state index contributed by atoms with van der Waals surface area (Å²) in [6, 6.07) is 7.24. The van der Waals surface area contributed by atoms with Crippen LogP contribution in [0.15, 0.2) is 30.0 Å². The number of nitrogens with zero attached hydrogens (tertiary/aromatic N) is 2. The minimum absolute atomic E-state index is 0.00391. The highest BCUT2D eigenvalue weighted by molar-refractivity contribution is 7.80. The standard InChI is InChI=1S/C16H15N3O3S/c1-3-8-18-11-7-5-4-6-10(11)12(15(18)22)13-14(21)17-16(23)19(13)9(2)20/h4-7H,3,8H2,1-2H3,(H,17,21,23)/b13-12-. The van der Waals surface area contributed by atoms with Crippen LogP contribution in [0.3, 0.4) is 0 Å². The van der Waals surface area contributed by atoms with Gasteiger partial charge in [0.05, 0.1) is 11.3 Å². The molecule has 23 heavy (non-hydrogen) atoms. The maximum Gasteiger partial charge on any atom is 0.275 e. The molecule has 0 saturated carbocycles. The topological polar surface area (TPSA) is 69.7 Å². The molecule has 2 heterocycles. The molecule has 0 spiro atoms. The molecule has 118 valence electrons. The van der Waals surface area contributed by atoms with Crippen molar-refractivity contribution in [2.24, 2.45) is 0 Å². The second-order valence-electron chi connectivity index (χ2n) is 5.31. The molecule has 2 aliphatic heterocycles. The van der Waals surface area contributed by atoms with Crippen molar-refractivity contribution < 1.29 is 14.4 Å². The normalized spacial score (nSPS) is 20.2. The average molecular weight is 329 g/mol. The molecule has 3 amide bonds. The molecule has 1 fully saturated rings. The van der Waals surface area contributed by atoms with Gasteiger partial charge in [0.25, 0.3) is 11.8 Å². The van der Waals surface area contributed by atoms with Crippen molar-refractivity contribution in [3.63, 3.8) is 0 Å². The van der Waals surface area contributed by atoms with Gasteiger partial charge in [-0.1, -0.05) is 25.1 Å². The summed E-state index contributed by atoms with van der Waals surface area (Å²) in [5.74, 6) is -1.22. The third-order valence-corrected chi connectivity index (χ3v) is 4.07. The second-order valence-corrected chi connectivity index (χ2v) is 5.70. The van der Waals surface area contributed by atoms with Gasteiger partial charge >= 0.3 is 0 Å². The number of anilines is 1. The van der Waals surface area contributed by atoms with Crippen LogP contribution in [0.1, 0.15) is 25.8 Å². The molecule has 1 aromatic rings. The lowest BCUT2D eigenvalue weighted by Crippen LogP contribution is -2.33. The fraction of sp³-hybridized carbons (Fsp3) is 0.250. The second kappa shape index (κ2) is 5.58. The number of amides is 3. The van der Waals surface area contributed by atoms with Crippen LogP contribution in [-0.4, -0.2) is 34.3 Å². The Hall–Kier alpha value is -2.54. The van der Waals surface area contributed by atoms with E-state index in [-0.39, 0.29) is 22.3 Å². The molecule has 3 rings (SSSR count). The number of carbonyl (C=O) groups excluding carboxylic acids is 3. The quantitative estimate of drug-likeness (QED) is 0.658. The molecule has 1 saturated heterocycles. The Bertz CT molecular complexity index is 785. The first-order valence-electron chi connectivity index (χ1n) is 7.29. The number of rotatable bonds is 2. The molecule has 7 heteroatoms. The Labute approximate surface area is 138 Å². The lowest BCUT2D eigenvalue weighted by atomic mass is 10.0. The predicted molar refractivity (Wildman–Crippen MR) is 89.3 cm³/mol. The van der Waals surface area contributed by atoms with Gasteiger partial charge in [-0.2, -0.15) is 0 Å². The van der Waals surface area contributed by atoms with Gasteiger partial charge in [-0.15, -0.1) is 0 Å². The molecule has 1 aromatic carbocycles. The minimum atomic E-state index is -0.526. The van der Waals surface area contributed by atoms with E-state index < -0.39 is 11.8 Å². The number of hydrogen-bond acceptors (Lipinski definition) is 4. The zero-order valence-electron chi connectivity index (χ0n) is 12.8. The van der Waals surface area contributed by atoms with E-state index in [1.54, 1.807) is 17.0 Å². The number of hydrogen-bond donors (Lipinski definition) is 1. The largest absolute Gasteiger partial charge is 0.308 e. The molecule has 1 N–H and O–H groups in total. The van der Waals surface area contributed by atoms with Crippen molar-refractivity contribution in [3.8, 4) is 0 Å². The van der Waals surface area contributed by atoms with Gasteiger partial charge < -0.3 is 4.90 Å². The molecule has 0 radical (unpaired) electrons. The van der Waals surface area contributed by atoms with Gasteiger partial charge in [0.2, 0.25) is 5.91 Å². The lowest BCUT2D eigenvalue weighted by molar-refractivity contribution is -0.125. The Morgan fingerprint density at radius 3 is 2.61 bits per heavy atom. The predicted octanol–water partition coefficient (Wildman–Crippen LogP) is 1.42. The van der Waals surface area contributed by atoms with Gasteiger partial charge in [-0.3, -0.25) is 24.6 Å². The molecular formula is C16H15N3O3S. The van der Waals surface area contributed by atoms with Crippen molar-refractivity contribution in [2.75, 3.05) is 11.4 Å². The number of benzene rings is 1. The van der Waals surface area contributed by atoms with Gasteiger partial charge in [0.15, 0.2) is 5.11 Å². The summed E-state index contributed by atoms with van der Waals surface area (Å²) >= 11 is 5.04. The third-order valence-electron chi connectivity index (χ3n) is 3.78. The Kier molecular flexibility index (Phi) is 3.73. The molecule has 2 aliphatic rings. The smallest absolute Gasteiger partial charge is 0.275 e. The Morgan fingerprint density at radius 2 is 1.96 bits per heavy atom. The van der Waals surface area contributed by atoms with E-state index in [1.807, 2.05) is 19.1 Å². The van der Waals surface area contributed by atoms with Crippen LogP contribution in [0.5, 0.6) is 0 Å². The number of thiocarbonyl (C=S) groups is 1. The fourth-order valence-corrected chi connectivity index (χ4v) is 3.21. The van der Waals surface area contributed by atoms with E-state index >= 15 is 0 Å². The number of carbonyl (C=O) groups is 3. The number of nitrogens with one attached hydrogen (secondary N) is 1. The maximum atomic E-state index is 12.9. The first-order chi connectivity index (χ1) is 11.0. The minimum Gasteiger partial charge on any atom is -0.308 e. The third kappa shape index (κ3) is 2.24.